The minimum atomic E-state index is -4.49. The van der Waals surface area contributed by atoms with E-state index < -0.39 is 11.9 Å². The maximum Gasteiger partial charge on any atom is 0.433 e. The zero-order valence-corrected chi connectivity index (χ0v) is 12.0. The number of thioether (sulfide) groups is 1. The second kappa shape index (κ2) is 6.01. The van der Waals surface area contributed by atoms with E-state index in [0.29, 0.717) is 16.3 Å². The van der Waals surface area contributed by atoms with Crippen molar-refractivity contribution < 1.29 is 13.2 Å². The van der Waals surface area contributed by atoms with Crippen LogP contribution in [0.1, 0.15) is 12.6 Å². The lowest BCUT2D eigenvalue weighted by Crippen LogP contribution is -2.10. The number of halogens is 4. The molecule has 2 aromatic rings. The molecule has 0 atom stereocenters. The van der Waals surface area contributed by atoms with Crippen LogP contribution in [-0.2, 0) is 6.18 Å². The highest BCUT2D eigenvalue weighted by Crippen LogP contribution is 2.32. The molecule has 106 valence electrons. The van der Waals surface area contributed by atoms with Crippen LogP contribution in [0.25, 0.3) is 11.3 Å². The van der Waals surface area contributed by atoms with Gasteiger partial charge in [0.2, 0.25) is 0 Å². The SMILES string of the molecule is CCSc1nc(-c2ccc(Cl)cc2)cc(C(F)(F)F)n1. The molecule has 2 rings (SSSR count). The van der Waals surface area contributed by atoms with Crippen LogP contribution in [0.5, 0.6) is 0 Å². The first-order chi connectivity index (χ1) is 9.40. The molecular formula is C13H10ClF3N2S. The van der Waals surface area contributed by atoms with Crippen molar-refractivity contribution in [1.82, 2.24) is 9.97 Å². The molecule has 0 saturated heterocycles. The van der Waals surface area contributed by atoms with Gasteiger partial charge in [0.1, 0.15) is 5.69 Å². The summed E-state index contributed by atoms with van der Waals surface area (Å²) >= 11 is 6.94. The molecular weight excluding hydrogens is 309 g/mol. The maximum absolute atomic E-state index is 12.8. The van der Waals surface area contributed by atoms with E-state index in [9.17, 15) is 13.2 Å². The van der Waals surface area contributed by atoms with Crippen molar-refractivity contribution in [2.24, 2.45) is 0 Å². The second-order valence-corrected chi connectivity index (χ2v) is 5.53. The van der Waals surface area contributed by atoms with E-state index in [1.54, 1.807) is 24.3 Å². The summed E-state index contributed by atoms with van der Waals surface area (Å²) in [6.45, 7) is 1.83. The van der Waals surface area contributed by atoms with E-state index in [4.69, 9.17) is 11.6 Å². The average Bonchev–Trinajstić information content (AvgIpc) is 2.38. The van der Waals surface area contributed by atoms with E-state index in [0.717, 1.165) is 6.07 Å². The van der Waals surface area contributed by atoms with Gasteiger partial charge >= 0.3 is 6.18 Å². The van der Waals surface area contributed by atoms with Gasteiger partial charge in [-0.05, 0) is 24.0 Å². The van der Waals surface area contributed by atoms with Gasteiger partial charge < -0.3 is 0 Å². The normalized spacial score (nSPS) is 11.7. The molecule has 0 aliphatic rings. The average molecular weight is 319 g/mol. The Balaban J connectivity index is 2.51. The lowest BCUT2D eigenvalue weighted by molar-refractivity contribution is -0.141. The van der Waals surface area contributed by atoms with Crippen molar-refractivity contribution in [3.63, 3.8) is 0 Å². The predicted octanol–water partition coefficient (Wildman–Crippen LogP) is 4.93. The van der Waals surface area contributed by atoms with E-state index >= 15 is 0 Å². The highest BCUT2D eigenvalue weighted by molar-refractivity contribution is 7.99. The van der Waals surface area contributed by atoms with E-state index in [1.807, 2.05) is 6.92 Å². The monoisotopic (exact) mass is 318 g/mol. The summed E-state index contributed by atoms with van der Waals surface area (Å²) in [4.78, 5) is 7.68. The molecule has 2 nitrogen and oxygen atoms in total. The van der Waals surface area contributed by atoms with Crippen LogP contribution in [-0.4, -0.2) is 15.7 Å². The van der Waals surface area contributed by atoms with Gasteiger partial charge in [0, 0.05) is 10.6 Å². The van der Waals surface area contributed by atoms with E-state index in [2.05, 4.69) is 9.97 Å². The third-order valence-electron chi connectivity index (χ3n) is 2.41. The van der Waals surface area contributed by atoms with Crippen LogP contribution in [0, 0.1) is 0 Å². The Bertz CT molecular complexity index is 600. The van der Waals surface area contributed by atoms with Crippen LogP contribution >= 0.6 is 23.4 Å². The van der Waals surface area contributed by atoms with Crippen molar-refractivity contribution in [3.8, 4) is 11.3 Å². The summed E-state index contributed by atoms with van der Waals surface area (Å²) < 4.78 is 38.5. The van der Waals surface area contributed by atoms with Crippen LogP contribution in [0.4, 0.5) is 13.2 Å². The first-order valence-electron chi connectivity index (χ1n) is 5.75. The summed E-state index contributed by atoms with van der Waals surface area (Å²) in [5.74, 6) is 0.599. The number of hydrogen-bond acceptors (Lipinski definition) is 3. The standard InChI is InChI=1S/C13H10ClF3N2S/c1-2-20-12-18-10(7-11(19-12)13(15,16)17)8-3-5-9(14)6-4-8/h3-7H,2H2,1H3. The van der Waals surface area contributed by atoms with E-state index in [-0.39, 0.29) is 10.9 Å². The minimum absolute atomic E-state index is 0.118. The Morgan fingerprint density at radius 3 is 2.35 bits per heavy atom. The topological polar surface area (TPSA) is 25.8 Å². The van der Waals surface area contributed by atoms with Crippen LogP contribution in [0.15, 0.2) is 35.5 Å². The molecule has 0 unspecified atom stereocenters. The third-order valence-corrected chi connectivity index (χ3v) is 3.39. The summed E-state index contributed by atoms with van der Waals surface area (Å²) in [5.41, 5.74) is -0.131. The van der Waals surface area contributed by atoms with Gasteiger partial charge in [-0.15, -0.1) is 0 Å². The van der Waals surface area contributed by atoms with Crippen molar-refractivity contribution in [2.45, 2.75) is 18.3 Å². The van der Waals surface area contributed by atoms with Crippen molar-refractivity contribution in [2.75, 3.05) is 5.75 Å². The van der Waals surface area contributed by atoms with Crippen LogP contribution in [0.2, 0.25) is 5.02 Å². The molecule has 0 amide bonds. The van der Waals surface area contributed by atoms with Gasteiger partial charge in [-0.3, -0.25) is 0 Å². The van der Waals surface area contributed by atoms with Gasteiger partial charge in [0.05, 0.1) is 5.69 Å². The number of hydrogen-bond donors (Lipinski definition) is 0. The van der Waals surface area contributed by atoms with Gasteiger partial charge in [-0.2, -0.15) is 13.2 Å². The number of aromatic nitrogens is 2. The lowest BCUT2D eigenvalue weighted by Gasteiger charge is -2.10. The Kier molecular flexibility index (Phi) is 4.55. The molecule has 1 aromatic heterocycles. The highest BCUT2D eigenvalue weighted by atomic mass is 35.5. The molecule has 7 heteroatoms. The Hall–Kier alpha value is -1.27. The van der Waals surface area contributed by atoms with Crippen molar-refractivity contribution >= 4 is 23.4 Å². The third kappa shape index (κ3) is 3.64. The second-order valence-electron chi connectivity index (χ2n) is 3.86. The molecule has 20 heavy (non-hydrogen) atoms. The molecule has 0 fully saturated rings. The van der Waals surface area contributed by atoms with Crippen LogP contribution in [0.3, 0.4) is 0 Å². The molecule has 0 aliphatic carbocycles. The molecule has 0 spiro atoms. The Labute approximate surface area is 123 Å². The molecule has 0 bridgehead atoms. The predicted molar refractivity (Wildman–Crippen MR) is 73.9 cm³/mol. The summed E-state index contributed by atoms with van der Waals surface area (Å²) in [7, 11) is 0. The number of nitrogens with zero attached hydrogens (tertiary/aromatic N) is 2. The number of benzene rings is 1. The number of alkyl halides is 3. The molecule has 0 N–H and O–H groups in total. The fourth-order valence-corrected chi connectivity index (χ4v) is 2.24. The molecule has 1 heterocycles. The zero-order chi connectivity index (χ0) is 14.8. The van der Waals surface area contributed by atoms with Gasteiger partial charge in [0.25, 0.3) is 0 Å². The van der Waals surface area contributed by atoms with Crippen molar-refractivity contribution in [1.29, 1.82) is 0 Å². The maximum atomic E-state index is 12.8. The smallest absolute Gasteiger partial charge is 0.222 e. The molecule has 0 aliphatic heterocycles. The highest BCUT2D eigenvalue weighted by Gasteiger charge is 2.33. The molecule has 0 saturated carbocycles. The summed E-state index contributed by atoms with van der Waals surface area (Å²) in [6.07, 6.45) is -4.49. The lowest BCUT2D eigenvalue weighted by atomic mass is 10.1. The molecule has 1 aromatic carbocycles. The largest absolute Gasteiger partial charge is 0.433 e. The van der Waals surface area contributed by atoms with Gasteiger partial charge in [-0.1, -0.05) is 42.4 Å². The van der Waals surface area contributed by atoms with Gasteiger partial charge in [0.15, 0.2) is 5.16 Å². The fourth-order valence-electron chi connectivity index (χ4n) is 1.53. The quantitative estimate of drug-likeness (QED) is 0.593. The Morgan fingerprint density at radius 2 is 1.80 bits per heavy atom. The minimum Gasteiger partial charge on any atom is -0.222 e. The summed E-state index contributed by atoms with van der Waals surface area (Å²) in [6, 6.07) is 7.43. The van der Waals surface area contributed by atoms with Crippen LogP contribution < -0.4 is 0 Å². The number of rotatable bonds is 3. The summed E-state index contributed by atoms with van der Waals surface area (Å²) in [5, 5.41) is 0.634. The first kappa shape index (κ1) is 15.1. The van der Waals surface area contributed by atoms with Gasteiger partial charge in [-0.25, -0.2) is 9.97 Å². The zero-order valence-electron chi connectivity index (χ0n) is 10.4. The first-order valence-corrected chi connectivity index (χ1v) is 7.11. The fraction of sp³-hybridized carbons (Fsp3) is 0.231. The Morgan fingerprint density at radius 1 is 1.15 bits per heavy atom. The van der Waals surface area contributed by atoms with E-state index in [1.165, 1.54) is 11.8 Å². The van der Waals surface area contributed by atoms with Crippen molar-refractivity contribution in [3.05, 3.63) is 41.0 Å². The molecule has 0 radical (unpaired) electrons.